The predicted octanol–water partition coefficient (Wildman–Crippen LogP) is 4.37. The van der Waals surface area contributed by atoms with E-state index in [4.69, 9.17) is 0 Å². The van der Waals surface area contributed by atoms with Gasteiger partial charge in [0.05, 0.1) is 5.41 Å². The van der Waals surface area contributed by atoms with Crippen molar-refractivity contribution < 1.29 is 14.4 Å². The summed E-state index contributed by atoms with van der Waals surface area (Å²) in [6.07, 6.45) is 2.27. The molecule has 29 heavy (non-hydrogen) atoms. The Hall–Kier alpha value is -2.69. The standard InChI is InChI=1S/C24H28N2O3/c1-23(2)18-13-14-24(23,3)22(29)26(21(18)28)15-7-12-20(27)25-19-11-6-9-16-8-4-5-10-17(16)19/h4-6,8-11,18H,7,12-15H2,1-3H3,(H,25,27). The number of carbonyl (C=O) groups is 3. The van der Waals surface area contributed by atoms with Crippen molar-refractivity contribution in [3.05, 3.63) is 42.5 Å². The van der Waals surface area contributed by atoms with E-state index in [1.807, 2.05) is 63.2 Å². The number of likely N-dealkylation sites (tertiary alicyclic amines) is 1. The molecule has 1 heterocycles. The Morgan fingerprint density at radius 2 is 1.83 bits per heavy atom. The summed E-state index contributed by atoms with van der Waals surface area (Å²) >= 11 is 0. The highest BCUT2D eigenvalue weighted by Crippen LogP contribution is 2.60. The number of fused-ring (bicyclic) bond motifs is 3. The van der Waals surface area contributed by atoms with Gasteiger partial charge in [0.15, 0.2) is 0 Å². The maximum Gasteiger partial charge on any atom is 0.235 e. The SMILES string of the molecule is CC12CCC(C(=O)N(CCCC(=O)Nc3cccc4ccccc34)C1=O)C2(C)C. The first-order valence-corrected chi connectivity index (χ1v) is 10.4. The molecular formula is C24H28N2O3. The third-order valence-electron chi connectivity index (χ3n) is 7.36. The Labute approximate surface area is 171 Å². The number of hydrogen-bond acceptors (Lipinski definition) is 3. The second kappa shape index (κ2) is 6.97. The number of imide groups is 1. The largest absolute Gasteiger partial charge is 0.326 e. The molecule has 2 aromatic rings. The van der Waals surface area contributed by atoms with E-state index < -0.39 is 5.41 Å². The maximum atomic E-state index is 13.0. The first kappa shape index (κ1) is 19.6. The van der Waals surface area contributed by atoms with E-state index in [-0.39, 0.29) is 35.5 Å². The second-order valence-electron chi connectivity index (χ2n) is 9.12. The molecule has 1 N–H and O–H groups in total. The van der Waals surface area contributed by atoms with Crippen LogP contribution in [0.15, 0.2) is 42.5 Å². The van der Waals surface area contributed by atoms with Crippen molar-refractivity contribution in [3.63, 3.8) is 0 Å². The van der Waals surface area contributed by atoms with E-state index in [0.29, 0.717) is 13.0 Å². The quantitative estimate of drug-likeness (QED) is 0.769. The molecule has 1 saturated carbocycles. The number of anilines is 1. The number of rotatable bonds is 5. The fraction of sp³-hybridized carbons (Fsp3) is 0.458. The van der Waals surface area contributed by atoms with Crippen molar-refractivity contribution in [2.75, 3.05) is 11.9 Å². The molecule has 152 valence electrons. The van der Waals surface area contributed by atoms with E-state index in [2.05, 4.69) is 5.32 Å². The van der Waals surface area contributed by atoms with Crippen molar-refractivity contribution in [2.45, 2.75) is 46.5 Å². The van der Waals surface area contributed by atoms with Gasteiger partial charge in [-0.3, -0.25) is 19.3 Å². The number of piperidine rings is 1. The van der Waals surface area contributed by atoms with E-state index in [9.17, 15) is 14.4 Å². The third kappa shape index (κ3) is 3.04. The van der Waals surface area contributed by atoms with Crippen molar-refractivity contribution >= 4 is 34.2 Å². The highest BCUT2D eigenvalue weighted by atomic mass is 16.2. The van der Waals surface area contributed by atoms with Gasteiger partial charge in [-0.2, -0.15) is 0 Å². The number of amides is 3. The minimum Gasteiger partial charge on any atom is -0.326 e. The topological polar surface area (TPSA) is 66.5 Å². The van der Waals surface area contributed by atoms with Gasteiger partial charge in [0, 0.05) is 30.0 Å². The Kier molecular flexibility index (Phi) is 4.72. The second-order valence-corrected chi connectivity index (χ2v) is 9.12. The number of benzene rings is 2. The number of hydrogen-bond donors (Lipinski definition) is 1. The van der Waals surface area contributed by atoms with Gasteiger partial charge in [0.25, 0.3) is 0 Å². The van der Waals surface area contributed by atoms with Crippen molar-refractivity contribution in [1.82, 2.24) is 4.90 Å². The van der Waals surface area contributed by atoms with Crippen LogP contribution < -0.4 is 5.32 Å². The zero-order chi connectivity index (χ0) is 20.8. The molecule has 5 heteroatoms. The zero-order valence-electron chi connectivity index (χ0n) is 17.3. The average Bonchev–Trinajstić information content (AvgIpc) is 2.88. The summed E-state index contributed by atoms with van der Waals surface area (Å²) in [6, 6.07) is 13.7. The van der Waals surface area contributed by atoms with Crippen LogP contribution in [0.3, 0.4) is 0 Å². The molecule has 4 rings (SSSR count). The molecule has 1 saturated heterocycles. The van der Waals surface area contributed by atoms with Crippen molar-refractivity contribution in [2.24, 2.45) is 16.7 Å². The number of nitrogens with zero attached hydrogens (tertiary/aromatic N) is 1. The lowest BCUT2D eigenvalue weighted by molar-refractivity contribution is -0.168. The molecule has 0 spiro atoms. The van der Waals surface area contributed by atoms with Crippen LogP contribution in [0.1, 0.15) is 46.5 Å². The Balaban J connectivity index is 1.38. The number of nitrogens with one attached hydrogen (secondary N) is 1. The molecule has 3 amide bonds. The first-order chi connectivity index (χ1) is 13.8. The Morgan fingerprint density at radius 1 is 1.10 bits per heavy atom. The average molecular weight is 392 g/mol. The molecule has 0 radical (unpaired) electrons. The molecule has 2 bridgehead atoms. The summed E-state index contributed by atoms with van der Waals surface area (Å²) in [5.41, 5.74) is -0.00857. The smallest absolute Gasteiger partial charge is 0.235 e. The van der Waals surface area contributed by atoms with Gasteiger partial charge in [0.2, 0.25) is 17.7 Å². The van der Waals surface area contributed by atoms with E-state index in [1.165, 1.54) is 4.90 Å². The molecule has 2 fully saturated rings. The lowest BCUT2D eigenvalue weighted by Crippen LogP contribution is -2.59. The van der Waals surface area contributed by atoms with Gasteiger partial charge in [-0.25, -0.2) is 0 Å². The lowest BCUT2D eigenvalue weighted by Gasteiger charge is -2.47. The van der Waals surface area contributed by atoms with Gasteiger partial charge in [0.1, 0.15) is 0 Å². The van der Waals surface area contributed by atoms with Gasteiger partial charge in [-0.15, -0.1) is 0 Å². The fourth-order valence-corrected chi connectivity index (χ4v) is 5.06. The molecule has 0 aromatic heterocycles. The zero-order valence-corrected chi connectivity index (χ0v) is 17.3. The van der Waals surface area contributed by atoms with Crippen LogP contribution in [-0.2, 0) is 14.4 Å². The van der Waals surface area contributed by atoms with E-state index in [0.717, 1.165) is 29.3 Å². The van der Waals surface area contributed by atoms with Crippen molar-refractivity contribution in [3.8, 4) is 0 Å². The van der Waals surface area contributed by atoms with Crippen LogP contribution >= 0.6 is 0 Å². The highest BCUT2D eigenvalue weighted by Gasteiger charge is 2.64. The Bertz CT molecular complexity index is 991. The summed E-state index contributed by atoms with van der Waals surface area (Å²) < 4.78 is 0. The number of carbonyl (C=O) groups excluding carboxylic acids is 3. The first-order valence-electron chi connectivity index (χ1n) is 10.4. The predicted molar refractivity (Wildman–Crippen MR) is 113 cm³/mol. The van der Waals surface area contributed by atoms with Crippen LogP contribution in [0.25, 0.3) is 10.8 Å². The Morgan fingerprint density at radius 3 is 2.62 bits per heavy atom. The summed E-state index contributed by atoms with van der Waals surface area (Å²) in [5.74, 6) is -0.345. The minimum atomic E-state index is -0.489. The van der Waals surface area contributed by atoms with Gasteiger partial charge in [-0.1, -0.05) is 57.2 Å². The summed E-state index contributed by atoms with van der Waals surface area (Å²) in [7, 11) is 0. The van der Waals surface area contributed by atoms with E-state index in [1.54, 1.807) is 0 Å². The normalized spacial score (nSPS) is 25.5. The molecule has 5 nitrogen and oxygen atoms in total. The maximum absolute atomic E-state index is 13.0. The van der Waals surface area contributed by atoms with Crippen molar-refractivity contribution in [1.29, 1.82) is 0 Å². The fourth-order valence-electron chi connectivity index (χ4n) is 5.06. The molecule has 2 atom stereocenters. The summed E-state index contributed by atoms with van der Waals surface area (Å²) in [4.78, 5) is 39.8. The van der Waals surface area contributed by atoms with Gasteiger partial charge in [-0.05, 0) is 36.1 Å². The lowest BCUT2D eigenvalue weighted by atomic mass is 9.62. The highest BCUT2D eigenvalue weighted by molar-refractivity contribution is 6.04. The van der Waals surface area contributed by atoms with Crippen LogP contribution in [0.5, 0.6) is 0 Å². The molecular weight excluding hydrogens is 364 g/mol. The molecule has 2 aliphatic rings. The third-order valence-corrected chi connectivity index (χ3v) is 7.36. The van der Waals surface area contributed by atoms with Crippen LogP contribution in [0.2, 0.25) is 0 Å². The van der Waals surface area contributed by atoms with Crippen LogP contribution in [-0.4, -0.2) is 29.2 Å². The molecule has 2 unspecified atom stereocenters. The monoisotopic (exact) mass is 392 g/mol. The van der Waals surface area contributed by atoms with Gasteiger partial charge >= 0.3 is 0 Å². The van der Waals surface area contributed by atoms with Crippen LogP contribution in [0, 0.1) is 16.7 Å². The minimum absolute atomic E-state index is 0.0653. The van der Waals surface area contributed by atoms with Crippen LogP contribution in [0.4, 0.5) is 5.69 Å². The van der Waals surface area contributed by atoms with Gasteiger partial charge < -0.3 is 5.32 Å². The summed E-state index contributed by atoms with van der Waals surface area (Å²) in [6.45, 7) is 6.37. The molecule has 2 aromatic carbocycles. The molecule has 1 aliphatic heterocycles. The molecule has 1 aliphatic carbocycles. The summed E-state index contributed by atoms with van der Waals surface area (Å²) in [5, 5.41) is 5.04. The van der Waals surface area contributed by atoms with E-state index >= 15 is 0 Å².